The van der Waals surface area contributed by atoms with Gasteiger partial charge in [0.2, 0.25) is 11.8 Å². The summed E-state index contributed by atoms with van der Waals surface area (Å²) >= 11 is 5.57. The van der Waals surface area contributed by atoms with E-state index in [1.54, 1.807) is 4.90 Å². The molecule has 1 aliphatic rings. The van der Waals surface area contributed by atoms with Gasteiger partial charge in [0.25, 0.3) is 0 Å². The summed E-state index contributed by atoms with van der Waals surface area (Å²) in [5.41, 5.74) is 1.97. The zero-order valence-electron chi connectivity index (χ0n) is 11.6. The highest BCUT2D eigenvalue weighted by atomic mass is 35.5. The van der Waals surface area contributed by atoms with Crippen molar-refractivity contribution in [1.29, 1.82) is 0 Å². The second kappa shape index (κ2) is 6.75. The number of hydrogen-bond donors (Lipinski definition) is 1. The summed E-state index contributed by atoms with van der Waals surface area (Å²) in [6, 6.07) is 7.77. The van der Waals surface area contributed by atoms with Crippen LogP contribution in [-0.4, -0.2) is 30.8 Å². The van der Waals surface area contributed by atoms with E-state index in [0.717, 1.165) is 17.7 Å². The molecule has 2 rings (SSSR count). The van der Waals surface area contributed by atoms with Crippen LogP contribution < -0.4 is 10.2 Å². The number of aryl methyl sites for hydroxylation is 1. The number of carbonyl (C=O) groups is 2. The summed E-state index contributed by atoms with van der Waals surface area (Å²) in [7, 11) is 0. The van der Waals surface area contributed by atoms with Crippen molar-refractivity contribution in [2.45, 2.75) is 19.8 Å². The van der Waals surface area contributed by atoms with Gasteiger partial charge >= 0.3 is 0 Å². The Bertz CT molecular complexity index is 504. The van der Waals surface area contributed by atoms with Gasteiger partial charge in [0.15, 0.2) is 0 Å². The second-order valence-corrected chi connectivity index (χ2v) is 5.46. The number of halogens is 1. The van der Waals surface area contributed by atoms with E-state index >= 15 is 0 Å². The molecule has 1 heterocycles. The minimum absolute atomic E-state index is 0.00749. The van der Waals surface area contributed by atoms with Crippen LogP contribution in [-0.2, 0) is 9.59 Å². The van der Waals surface area contributed by atoms with Gasteiger partial charge in [-0.1, -0.05) is 12.1 Å². The van der Waals surface area contributed by atoms with Crippen molar-refractivity contribution in [3.63, 3.8) is 0 Å². The quantitative estimate of drug-likeness (QED) is 0.668. The molecule has 1 fully saturated rings. The van der Waals surface area contributed by atoms with E-state index in [1.807, 2.05) is 31.2 Å². The number of hydrogen-bond acceptors (Lipinski definition) is 2. The first kappa shape index (κ1) is 14.9. The van der Waals surface area contributed by atoms with Crippen LogP contribution in [0.1, 0.15) is 18.4 Å². The first-order chi connectivity index (χ1) is 9.61. The van der Waals surface area contributed by atoms with Gasteiger partial charge in [-0.05, 0) is 31.0 Å². The number of anilines is 1. The second-order valence-electron chi connectivity index (χ2n) is 5.08. The molecular weight excluding hydrogens is 276 g/mol. The Labute approximate surface area is 124 Å². The van der Waals surface area contributed by atoms with E-state index < -0.39 is 0 Å². The van der Waals surface area contributed by atoms with Crippen molar-refractivity contribution in [1.82, 2.24) is 5.32 Å². The van der Waals surface area contributed by atoms with Crippen LogP contribution in [0.4, 0.5) is 5.69 Å². The van der Waals surface area contributed by atoms with E-state index in [9.17, 15) is 9.59 Å². The van der Waals surface area contributed by atoms with Crippen molar-refractivity contribution >= 4 is 29.1 Å². The van der Waals surface area contributed by atoms with Gasteiger partial charge in [0, 0.05) is 31.1 Å². The Kier molecular flexibility index (Phi) is 5.01. The van der Waals surface area contributed by atoms with Crippen molar-refractivity contribution in [3.8, 4) is 0 Å². The maximum atomic E-state index is 12.1. The standard InChI is InChI=1S/C15H19ClN2O2/c1-11-4-2-5-13(8-11)18-10-12(9-14(18)19)15(20)17-7-3-6-16/h2,4-5,8,12H,3,6-7,9-10H2,1H3,(H,17,20). The molecule has 1 unspecified atom stereocenters. The van der Waals surface area contributed by atoms with Gasteiger partial charge in [-0.3, -0.25) is 9.59 Å². The van der Waals surface area contributed by atoms with Crippen LogP contribution in [0.5, 0.6) is 0 Å². The molecule has 0 aliphatic carbocycles. The highest BCUT2D eigenvalue weighted by Crippen LogP contribution is 2.25. The number of benzene rings is 1. The lowest BCUT2D eigenvalue weighted by Gasteiger charge is -2.17. The summed E-state index contributed by atoms with van der Waals surface area (Å²) in [6.45, 7) is 3.01. The molecule has 4 nitrogen and oxygen atoms in total. The third kappa shape index (κ3) is 3.51. The molecule has 5 heteroatoms. The molecule has 1 atom stereocenters. The smallest absolute Gasteiger partial charge is 0.227 e. The van der Waals surface area contributed by atoms with E-state index in [1.165, 1.54) is 0 Å². The first-order valence-electron chi connectivity index (χ1n) is 6.82. The fourth-order valence-electron chi connectivity index (χ4n) is 2.35. The molecule has 1 aromatic carbocycles. The van der Waals surface area contributed by atoms with Crippen LogP contribution in [0.2, 0.25) is 0 Å². The van der Waals surface area contributed by atoms with Crippen LogP contribution in [0.3, 0.4) is 0 Å². The molecular formula is C15H19ClN2O2. The normalized spacial score (nSPS) is 18.4. The van der Waals surface area contributed by atoms with Gasteiger partial charge < -0.3 is 10.2 Å². The topological polar surface area (TPSA) is 49.4 Å². The van der Waals surface area contributed by atoms with E-state index in [-0.39, 0.29) is 24.2 Å². The molecule has 108 valence electrons. The Balaban J connectivity index is 1.98. The highest BCUT2D eigenvalue weighted by molar-refractivity contribution is 6.17. The number of amides is 2. The van der Waals surface area contributed by atoms with Crippen LogP contribution in [0.25, 0.3) is 0 Å². The van der Waals surface area contributed by atoms with Gasteiger partial charge in [0.1, 0.15) is 0 Å². The van der Waals surface area contributed by atoms with Crippen molar-refractivity contribution in [2.75, 3.05) is 23.9 Å². The molecule has 0 radical (unpaired) electrons. The third-order valence-electron chi connectivity index (χ3n) is 3.42. The highest BCUT2D eigenvalue weighted by Gasteiger charge is 2.34. The van der Waals surface area contributed by atoms with Crippen molar-refractivity contribution in [2.24, 2.45) is 5.92 Å². The average molecular weight is 295 g/mol. The third-order valence-corrected chi connectivity index (χ3v) is 3.69. The maximum Gasteiger partial charge on any atom is 0.227 e. The van der Waals surface area contributed by atoms with Crippen LogP contribution in [0.15, 0.2) is 24.3 Å². The minimum atomic E-state index is -0.265. The SMILES string of the molecule is Cc1cccc(N2CC(C(=O)NCCCCl)CC2=O)c1. The summed E-state index contributed by atoms with van der Waals surface area (Å²) in [5, 5.41) is 2.83. The van der Waals surface area contributed by atoms with Crippen LogP contribution >= 0.6 is 11.6 Å². The lowest BCUT2D eigenvalue weighted by atomic mass is 10.1. The number of alkyl halides is 1. The molecule has 0 aromatic heterocycles. The molecule has 1 N–H and O–H groups in total. The fourth-order valence-corrected chi connectivity index (χ4v) is 2.48. The van der Waals surface area contributed by atoms with E-state index in [2.05, 4.69) is 5.32 Å². The van der Waals surface area contributed by atoms with Crippen molar-refractivity contribution in [3.05, 3.63) is 29.8 Å². The first-order valence-corrected chi connectivity index (χ1v) is 7.36. The Morgan fingerprint density at radius 1 is 1.50 bits per heavy atom. The predicted molar refractivity (Wildman–Crippen MR) is 80.0 cm³/mol. The maximum absolute atomic E-state index is 12.1. The van der Waals surface area contributed by atoms with Gasteiger partial charge in [-0.25, -0.2) is 0 Å². The Morgan fingerprint density at radius 3 is 3.00 bits per heavy atom. The molecule has 1 aliphatic heterocycles. The summed E-state index contributed by atoms with van der Waals surface area (Å²) in [4.78, 5) is 25.7. The molecule has 0 spiro atoms. The summed E-state index contributed by atoms with van der Waals surface area (Å²) in [5.74, 6) is 0.212. The monoisotopic (exact) mass is 294 g/mol. The summed E-state index contributed by atoms with van der Waals surface area (Å²) < 4.78 is 0. The fraction of sp³-hybridized carbons (Fsp3) is 0.467. The average Bonchev–Trinajstić information content (AvgIpc) is 2.81. The number of nitrogens with zero attached hydrogens (tertiary/aromatic N) is 1. The van der Waals surface area contributed by atoms with Gasteiger partial charge in [-0.2, -0.15) is 0 Å². The van der Waals surface area contributed by atoms with Crippen LogP contribution in [0, 0.1) is 12.8 Å². The number of rotatable bonds is 5. The molecule has 1 aromatic rings. The molecule has 20 heavy (non-hydrogen) atoms. The molecule has 0 bridgehead atoms. The zero-order chi connectivity index (χ0) is 14.5. The number of nitrogens with one attached hydrogen (secondary N) is 1. The predicted octanol–water partition coefficient (Wildman–Crippen LogP) is 2.09. The van der Waals surface area contributed by atoms with Gasteiger partial charge in [-0.15, -0.1) is 11.6 Å². The molecule has 0 saturated carbocycles. The van der Waals surface area contributed by atoms with E-state index in [4.69, 9.17) is 11.6 Å². The Hall–Kier alpha value is -1.55. The van der Waals surface area contributed by atoms with Crippen molar-refractivity contribution < 1.29 is 9.59 Å². The lowest BCUT2D eigenvalue weighted by molar-refractivity contribution is -0.126. The number of carbonyl (C=O) groups excluding carboxylic acids is 2. The Morgan fingerprint density at radius 2 is 2.30 bits per heavy atom. The molecule has 2 amide bonds. The van der Waals surface area contributed by atoms with Gasteiger partial charge in [0.05, 0.1) is 5.92 Å². The largest absolute Gasteiger partial charge is 0.356 e. The zero-order valence-corrected chi connectivity index (χ0v) is 12.3. The lowest BCUT2D eigenvalue weighted by Crippen LogP contribution is -2.33. The van der Waals surface area contributed by atoms with E-state index in [0.29, 0.717) is 19.0 Å². The molecule has 1 saturated heterocycles. The minimum Gasteiger partial charge on any atom is -0.356 e. The summed E-state index contributed by atoms with van der Waals surface area (Å²) in [6.07, 6.45) is 1.02.